The second-order valence-corrected chi connectivity index (χ2v) is 7.71. The molecule has 3 heteroatoms. The van der Waals surface area contributed by atoms with Gasteiger partial charge < -0.3 is 10.2 Å². The highest BCUT2D eigenvalue weighted by atomic mass is 15.2. The molecule has 0 bridgehead atoms. The summed E-state index contributed by atoms with van der Waals surface area (Å²) in [5, 5.41) is 3.77. The van der Waals surface area contributed by atoms with Gasteiger partial charge in [-0.25, -0.2) is 0 Å². The summed E-state index contributed by atoms with van der Waals surface area (Å²) in [4.78, 5) is 5.50. The van der Waals surface area contributed by atoms with Crippen molar-refractivity contribution in [2.75, 3.05) is 33.2 Å². The standard InChI is InChI=1S/C18H35N3/c1-3-10-19-16-7-4-8-17(13-16)21-12-9-18-15(14-21)6-5-11-20(18)2/h15-19H,3-14H2,1-2H3. The number of nitrogens with one attached hydrogen (secondary N) is 1. The van der Waals surface area contributed by atoms with Crippen molar-refractivity contribution in [1.82, 2.24) is 15.1 Å². The largest absolute Gasteiger partial charge is 0.314 e. The van der Waals surface area contributed by atoms with Gasteiger partial charge in [-0.2, -0.15) is 0 Å². The van der Waals surface area contributed by atoms with Gasteiger partial charge in [0, 0.05) is 24.7 Å². The van der Waals surface area contributed by atoms with Crippen LogP contribution < -0.4 is 5.32 Å². The Bertz CT molecular complexity index is 320. The van der Waals surface area contributed by atoms with Gasteiger partial charge in [0.2, 0.25) is 0 Å². The van der Waals surface area contributed by atoms with Crippen LogP contribution in [0.15, 0.2) is 0 Å². The molecule has 0 radical (unpaired) electrons. The maximum atomic E-state index is 3.77. The van der Waals surface area contributed by atoms with Gasteiger partial charge in [-0.3, -0.25) is 4.90 Å². The van der Waals surface area contributed by atoms with E-state index >= 15 is 0 Å². The van der Waals surface area contributed by atoms with Crippen LogP contribution in [0.2, 0.25) is 0 Å². The minimum Gasteiger partial charge on any atom is -0.314 e. The molecule has 2 heterocycles. The van der Waals surface area contributed by atoms with E-state index in [1.165, 1.54) is 77.5 Å². The average Bonchev–Trinajstić information content (AvgIpc) is 2.53. The molecule has 1 saturated carbocycles. The van der Waals surface area contributed by atoms with Gasteiger partial charge in [0.25, 0.3) is 0 Å². The Hall–Kier alpha value is -0.120. The molecule has 2 aliphatic heterocycles. The molecule has 2 saturated heterocycles. The van der Waals surface area contributed by atoms with Gasteiger partial charge in [-0.15, -0.1) is 0 Å². The Morgan fingerprint density at radius 2 is 1.95 bits per heavy atom. The van der Waals surface area contributed by atoms with Crippen LogP contribution in [-0.4, -0.2) is 61.2 Å². The second-order valence-electron chi connectivity index (χ2n) is 7.71. The molecule has 1 N–H and O–H groups in total. The normalized spacial score (nSPS) is 39.1. The zero-order valence-electron chi connectivity index (χ0n) is 14.2. The first-order chi connectivity index (χ1) is 10.3. The summed E-state index contributed by atoms with van der Waals surface area (Å²) in [5.74, 6) is 0.946. The van der Waals surface area contributed by atoms with Gasteiger partial charge in [-0.1, -0.05) is 13.3 Å². The van der Waals surface area contributed by atoms with E-state index in [2.05, 4.69) is 29.1 Å². The molecule has 0 amide bonds. The van der Waals surface area contributed by atoms with Crippen molar-refractivity contribution in [3.8, 4) is 0 Å². The minimum atomic E-state index is 0.787. The first-order valence-corrected chi connectivity index (χ1v) is 9.45. The summed E-state index contributed by atoms with van der Waals surface area (Å²) in [5.41, 5.74) is 0. The molecule has 0 aromatic carbocycles. The maximum Gasteiger partial charge on any atom is 0.0145 e. The van der Waals surface area contributed by atoms with Gasteiger partial charge in [0.05, 0.1) is 0 Å². The SMILES string of the molecule is CCCNC1CCCC(N2CCC3C(CCCN3C)C2)C1. The number of hydrogen-bond acceptors (Lipinski definition) is 3. The Balaban J connectivity index is 1.52. The van der Waals surface area contributed by atoms with Crippen molar-refractivity contribution in [2.24, 2.45) is 5.92 Å². The van der Waals surface area contributed by atoms with Gasteiger partial charge in [0.1, 0.15) is 0 Å². The summed E-state index contributed by atoms with van der Waals surface area (Å²) in [6, 6.07) is 2.53. The zero-order chi connectivity index (χ0) is 14.7. The van der Waals surface area contributed by atoms with Crippen LogP contribution in [-0.2, 0) is 0 Å². The molecule has 0 spiro atoms. The van der Waals surface area contributed by atoms with Crippen LogP contribution in [0, 0.1) is 5.92 Å². The summed E-state index contributed by atoms with van der Waals surface area (Å²) in [6.07, 6.45) is 11.2. The molecule has 1 aliphatic carbocycles. The molecule has 21 heavy (non-hydrogen) atoms. The summed E-state index contributed by atoms with van der Waals surface area (Å²) in [7, 11) is 2.35. The third kappa shape index (κ3) is 3.80. The lowest BCUT2D eigenvalue weighted by atomic mass is 9.81. The number of nitrogens with zero attached hydrogens (tertiary/aromatic N) is 2. The molecule has 4 unspecified atom stereocenters. The van der Waals surface area contributed by atoms with Crippen LogP contribution in [0.5, 0.6) is 0 Å². The number of rotatable bonds is 4. The fourth-order valence-corrected chi connectivity index (χ4v) is 5.04. The van der Waals surface area contributed by atoms with Crippen LogP contribution in [0.4, 0.5) is 0 Å². The van der Waals surface area contributed by atoms with Gasteiger partial charge >= 0.3 is 0 Å². The van der Waals surface area contributed by atoms with E-state index in [0.717, 1.165) is 24.0 Å². The lowest BCUT2D eigenvalue weighted by Crippen LogP contribution is -2.56. The highest BCUT2D eigenvalue weighted by Crippen LogP contribution is 2.33. The minimum absolute atomic E-state index is 0.787. The van der Waals surface area contributed by atoms with Crippen molar-refractivity contribution < 1.29 is 0 Å². The summed E-state index contributed by atoms with van der Waals surface area (Å²) < 4.78 is 0. The summed E-state index contributed by atoms with van der Waals surface area (Å²) >= 11 is 0. The number of likely N-dealkylation sites (tertiary alicyclic amines) is 2. The number of fused-ring (bicyclic) bond motifs is 1. The van der Waals surface area contributed by atoms with Gasteiger partial charge in [-0.05, 0) is 77.5 Å². The van der Waals surface area contributed by atoms with E-state index in [9.17, 15) is 0 Å². The topological polar surface area (TPSA) is 18.5 Å². The number of piperidine rings is 2. The first kappa shape index (κ1) is 15.8. The molecular weight excluding hydrogens is 258 g/mol. The monoisotopic (exact) mass is 293 g/mol. The smallest absolute Gasteiger partial charge is 0.0145 e. The van der Waals surface area contributed by atoms with Crippen molar-refractivity contribution in [3.05, 3.63) is 0 Å². The maximum absolute atomic E-state index is 3.77. The molecule has 3 nitrogen and oxygen atoms in total. The van der Waals surface area contributed by atoms with E-state index in [-0.39, 0.29) is 0 Å². The van der Waals surface area contributed by atoms with E-state index in [1.807, 2.05) is 0 Å². The van der Waals surface area contributed by atoms with Crippen LogP contribution in [0.25, 0.3) is 0 Å². The summed E-state index contributed by atoms with van der Waals surface area (Å²) in [6.45, 7) is 7.52. The number of hydrogen-bond donors (Lipinski definition) is 1. The van der Waals surface area contributed by atoms with Crippen LogP contribution >= 0.6 is 0 Å². The highest BCUT2D eigenvalue weighted by Gasteiger charge is 2.37. The fraction of sp³-hybridized carbons (Fsp3) is 1.00. The molecule has 3 rings (SSSR count). The average molecular weight is 293 g/mol. The second kappa shape index (κ2) is 7.43. The third-order valence-corrected chi connectivity index (χ3v) is 6.22. The lowest BCUT2D eigenvalue weighted by molar-refractivity contribution is 0.00961. The molecular formula is C18H35N3. The van der Waals surface area contributed by atoms with Crippen molar-refractivity contribution >= 4 is 0 Å². The highest BCUT2D eigenvalue weighted by molar-refractivity contribution is 4.93. The fourth-order valence-electron chi connectivity index (χ4n) is 5.04. The first-order valence-electron chi connectivity index (χ1n) is 9.45. The van der Waals surface area contributed by atoms with Crippen molar-refractivity contribution in [2.45, 2.75) is 76.4 Å². The Morgan fingerprint density at radius 3 is 2.81 bits per heavy atom. The molecule has 0 aromatic rings. The van der Waals surface area contributed by atoms with E-state index in [1.54, 1.807) is 0 Å². The predicted octanol–water partition coefficient (Wildman–Crippen LogP) is 2.71. The van der Waals surface area contributed by atoms with E-state index < -0.39 is 0 Å². The molecule has 3 fully saturated rings. The van der Waals surface area contributed by atoms with E-state index in [4.69, 9.17) is 0 Å². The Morgan fingerprint density at radius 1 is 1.05 bits per heavy atom. The quantitative estimate of drug-likeness (QED) is 0.860. The van der Waals surface area contributed by atoms with Gasteiger partial charge in [0.15, 0.2) is 0 Å². The molecule has 4 atom stereocenters. The van der Waals surface area contributed by atoms with Crippen LogP contribution in [0.1, 0.15) is 58.3 Å². The van der Waals surface area contributed by atoms with Crippen LogP contribution in [0.3, 0.4) is 0 Å². The van der Waals surface area contributed by atoms with Crippen molar-refractivity contribution in [3.63, 3.8) is 0 Å². The van der Waals surface area contributed by atoms with E-state index in [0.29, 0.717) is 0 Å². The zero-order valence-corrected chi connectivity index (χ0v) is 14.2. The lowest BCUT2D eigenvalue weighted by Gasteiger charge is -2.49. The molecule has 122 valence electrons. The Labute approximate surface area is 131 Å². The van der Waals surface area contributed by atoms with Crippen molar-refractivity contribution in [1.29, 1.82) is 0 Å². The predicted molar refractivity (Wildman–Crippen MR) is 89.7 cm³/mol. The molecule has 3 aliphatic rings. The Kier molecular flexibility index (Phi) is 5.58. The molecule has 0 aromatic heterocycles. The third-order valence-electron chi connectivity index (χ3n) is 6.22.